The molecule has 0 saturated carbocycles. The van der Waals surface area contributed by atoms with Crippen molar-refractivity contribution in [2.45, 2.75) is 26.7 Å². The zero-order valence-electron chi connectivity index (χ0n) is 15.9. The molecule has 0 bridgehead atoms. The first kappa shape index (κ1) is 18.1. The predicted octanol–water partition coefficient (Wildman–Crippen LogP) is 4.50. The predicted molar refractivity (Wildman–Crippen MR) is 114 cm³/mol. The van der Waals surface area contributed by atoms with Crippen LogP contribution in [0.15, 0.2) is 41.8 Å². The summed E-state index contributed by atoms with van der Waals surface area (Å²) in [7, 11) is 0. The maximum atomic E-state index is 6.03. The normalized spacial score (nSPS) is 11.8. The fourth-order valence-corrected chi connectivity index (χ4v) is 3.70. The first-order valence-electron chi connectivity index (χ1n) is 8.94. The van der Waals surface area contributed by atoms with Gasteiger partial charge in [-0.25, -0.2) is 19.9 Å². The van der Waals surface area contributed by atoms with Gasteiger partial charge in [0.15, 0.2) is 5.82 Å². The summed E-state index contributed by atoms with van der Waals surface area (Å²) in [5.74, 6) is 7.68. The van der Waals surface area contributed by atoms with Gasteiger partial charge in [0.1, 0.15) is 16.3 Å². The van der Waals surface area contributed by atoms with Gasteiger partial charge in [0.05, 0.1) is 17.1 Å². The van der Waals surface area contributed by atoms with Gasteiger partial charge in [-0.2, -0.15) is 0 Å². The maximum Gasteiger partial charge on any atom is 0.153 e. The molecular weight excluding hydrogens is 366 g/mol. The minimum absolute atomic E-state index is 0.0985. The van der Waals surface area contributed by atoms with Gasteiger partial charge < -0.3 is 5.73 Å². The number of rotatable bonds is 2. The van der Waals surface area contributed by atoms with Crippen LogP contribution < -0.4 is 5.73 Å². The van der Waals surface area contributed by atoms with Crippen LogP contribution in [0.1, 0.15) is 34.9 Å². The summed E-state index contributed by atoms with van der Waals surface area (Å²) in [6, 6.07) is 11.9. The highest BCUT2D eigenvalue weighted by molar-refractivity contribution is 7.09. The number of thiazole rings is 1. The minimum Gasteiger partial charge on any atom is -0.382 e. The average Bonchev–Trinajstić information content (AvgIpc) is 3.12. The molecule has 1 atom stereocenters. The molecule has 1 unspecified atom stereocenters. The van der Waals surface area contributed by atoms with Crippen molar-refractivity contribution in [2.24, 2.45) is 0 Å². The number of hydrogen-bond donors (Lipinski definition) is 1. The van der Waals surface area contributed by atoms with Crippen molar-refractivity contribution in [2.75, 3.05) is 5.73 Å². The summed E-state index contributed by atoms with van der Waals surface area (Å²) in [6.45, 7) is 5.89. The van der Waals surface area contributed by atoms with Crippen LogP contribution in [0.3, 0.4) is 0 Å². The first-order chi connectivity index (χ1) is 13.5. The van der Waals surface area contributed by atoms with Crippen LogP contribution in [0.4, 0.5) is 5.82 Å². The van der Waals surface area contributed by atoms with E-state index in [1.807, 2.05) is 50.2 Å². The highest BCUT2D eigenvalue weighted by atomic mass is 32.1. The van der Waals surface area contributed by atoms with Crippen molar-refractivity contribution in [1.29, 1.82) is 0 Å². The largest absolute Gasteiger partial charge is 0.382 e. The van der Waals surface area contributed by atoms with E-state index in [1.54, 1.807) is 11.3 Å². The molecule has 3 aromatic heterocycles. The number of fused-ring (bicyclic) bond motifs is 1. The Morgan fingerprint density at radius 2 is 1.89 bits per heavy atom. The number of anilines is 1. The smallest absolute Gasteiger partial charge is 0.153 e. The molecule has 0 aliphatic heterocycles. The van der Waals surface area contributed by atoms with Crippen LogP contribution in [0.5, 0.6) is 0 Å². The van der Waals surface area contributed by atoms with Gasteiger partial charge in [-0.3, -0.25) is 0 Å². The lowest BCUT2D eigenvalue weighted by molar-refractivity contribution is 0.966. The monoisotopic (exact) mass is 385 g/mol. The Balaban J connectivity index is 1.66. The lowest BCUT2D eigenvalue weighted by Gasteiger charge is -2.06. The topological polar surface area (TPSA) is 77.6 Å². The second kappa shape index (κ2) is 7.37. The molecule has 0 saturated heterocycles. The van der Waals surface area contributed by atoms with E-state index in [0.717, 1.165) is 33.0 Å². The van der Waals surface area contributed by atoms with Crippen LogP contribution >= 0.6 is 11.3 Å². The van der Waals surface area contributed by atoms with Crippen molar-refractivity contribution in [3.8, 4) is 23.1 Å². The van der Waals surface area contributed by atoms with Gasteiger partial charge in [0, 0.05) is 22.2 Å². The molecular formula is C22H19N5S. The Bertz CT molecular complexity index is 1230. The number of pyridine rings is 1. The Kier molecular flexibility index (Phi) is 4.76. The van der Waals surface area contributed by atoms with Crippen molar-refractivity contribution in [3.05, 3.63) is 63.9 Å². The molecule has 0 spiro atoms. The number of aromatic nitrogens is 4. The molecule has 0 aliphatic rings. The number of nitrogens with zero attached hydrogens (tertiary/aromatic N) is 4. The van der Waals surface area contributed by atoms with Crippen molar-refractivity contribution < 1.29 is 0 Å². The summed E-state index contributed by atoms with van der Waals surface area (Å²) in [5.41, 5.74) is 11.2. The molecule has 3 heterocycles. The third kappa shape index (κ3) is 3.71. The highest BCUT2D eigenvalue weighted by Crippen LogP contribution is 2.24. The summed E-state index contributed by atoms with van der Waals surface area (Å²) < 4.78 is 0. The molecule has 4 aromatic rings. The second-order valence-electron chi connectivity index (χ2n) is 6.62. The van der Waals surface area contributed by atoms with Gasteiger partial charge in [0.2, 0.25) is 0 Å². The molecule has 6 heteroatoms. The number of nitrogen functional groups attached to an aromatic ring is 1. The average molecular weight is 385 g/mol. The zero-order chi connectivity index (χ0) is 19.7. The van der Waals surface area contributed by atoms with Gasteiger partial charge in [-0.1, -0.05) is 24.0 Å². The molecule has 0 radical (unpaired) electrons. The lowest BCUT2D eigenvalue weighted by atomic mass is 10.1. The molecule has 0 aliphatic carbocycles. The molecule has 138 valence electrons. The van der Waals surface area contributed by atoms with Crippen LogP contribution in [0.25, 0.3) is 22.3 Å². The van der Waals surface area contributed by atoms with Gasteiger partial charge >= 0.3 is 0 Å². The van der Waals surface area contributed by atoms with Gasteiger partial charge in [0.25, 0.3) is 0 Å². The highest BCUT2D eigenvalue weighted by Gasteiger charge is 2.08. The minimum atomic E-state index is 0.0985. The number of benzene rings is 1. The van der Waals surface area contributed by atoms with Gasteiger partial charge in [-0.05, 0) is 45.0 Å². The van der Waals surface area contributed by atoms with Crippen molar-refractivity contribution in [1.82, 2.24) is 19.9 Å². The van der Waals surface area contributed by atoms with Crippen LogP contribution in [-0.2, 0) is 0 Å². The number of hydrogen-bond acceptors (Lipinski definition) is 6. The molecule has 2 N–H and O–H groups in total. The third-order valence-electron chi connectivity index (χ3n) is 4.28. The molecule has 0 amide bonds. The van der Waals surface area contributed by atoms with E-state index >= 15 is 0 Å². The van der Waals surface area contributed by atoms with E-state index in [0.29, 0.717) is 17.2 Å². The summed E-state index contributed by atoms with van der Waals surface area (Å²) in [6.07, 6.45) is 0. The van der Waals surface area contributed by atoms with Crippen molar-refractivity contribution >= 4 is 28.2 Å². The molecule has 4 rings (SSSR count). The van der Waals surface area contributed by atoms with Crippen LogP contribution in [-0.4, -0.2) is 19.9 Å². The maximum absolute atomic E-state index is 6.03. The van der Waals surface area contributed by atoms with Crippen LogP contribution in [0.2, 0.25) is 0 Å². The Morgan fingerprint density at radius 3 is 2.68 bits per heavy atom. The summed E-state index contributed by atoms with van der Waals surface area (Å²) >= 11 is 1.65. The van der Waals surface area contributed by atoms with E-state index in [1.165, 1.54) is 0 Å². The summed E-state index contributed by atoms with van der Waals surface area (Å²) in [4.78, 5) is 17.8. The first-order valence-corrected chi connectivity index (χ1v) is 9.82. The van der Waals surface area contributed by atoms with E-state index in [2.05, 4.69) is 44.1 Å². The van der Waals surface area contributed by atoms with Crippen molar-refractivity contribution in [3.63, 3.8) is 0 Å². The standard InChI is InChI=1S/C22H19N5S/c1-13(22-24-14(2)12-28-22)7-8-16-5-4-6-17(11-16)18-9-10-19-20(27-18)21(23)26-15(3)25-19/h4-6,9-13H,1-3H3,(H2,23,25,26). The Morgan fingerprint density at radius 1 is 1.04 bits per heavy atom. The zero-order valence-corrected chi connectivity index (χ0v) is 16.7. The fourth-order valence-electron chi connectivity index (χ4n) is 2.90. The quantitative estimate of drug-likeness (QED) is 0.514. The number of aryl methyl sites for hydroxylation is 2. The molecule has 28 heavy (non-hydrogen) atoms. The lowest BCUT2D eigenvalue weighted by Crippen LogP contribution is -1.99. The van der Waals surface area contributed by atoms with E-state index in [4.69, 9.17) is 5.73 Å². The fraction of sp³-hybridized carbons (Fsp3) is 0.182. The van der Waals surface area contributed by atoms with E-state index in [9.17, 15) is 0 Å². The SMILES string of the molecule is Cc1csc(C(C)C#Cc2cccc(-c3ccc4nc(C)nc(N)c4n3)c2)n1. The van der Waals surface area contributed by atoms with Gasteiger partial charge in [-0.15, -0.1) is 11.3 Å². The Labute approximate surface area is 167 Å². The third-order valence-corrected chi connectivity index (χ3v) is 5.42. The van der Waals surface area contributed by atoms with E-state index in [-0.39, 0.29) is 5.92 Å². The summed E-state index contributed by atoms with van der Waals surface area (Å²) in [5, 5.41) is 3.10. The number of nitrogens with two attached hydrogens (primary N) is 1. The molecule has 5 nitrogen and oxygen atoms in total. The Hall–Kier alpha value is -3.30. The molecule has 0 fully saturated rings. The molecule has 1 aromatic carbocycles. The second-order valence-corrected chi connectivity index (χ2v) is 7.51. The van der Waals surface area contributed by atoms with E-state index < -0.39 is 0 Å². The van der Waals surface area contributed by atoms with Crippen LogP contribution in [0, 0.1) is 25.7 Å².